The molecule has 1 atom stereocenters. The number of aromatic nitrogens is 1. The average Bonchev–Trinajstić information content (AvgIpc) is 3.15. The number of hydrogen-bond donors (Lipinski definition) is 1. The van der Waals surface area contributed by atoms with E-state index in [1.54, 1.807) is 0 Å². The maximum Gasteiger partial charge on any atom is 0.0642 e. The number of rotatable bonds is 2. The van der Waals surface area contributed by atoms with Crippen molar-refractivity contribution in [1.82, 2.24) is 9.88 Å². The standard InChI is InChI=1S/C22H25N3O/c1-24-14-18-13-19(25-8-10-26-11-9-25)3-4-20(18)21(15-24)16-2-5-22-17(12-16)6-7-23-22/h2-7,12-13,21,23H,8-11,14-15H2,1H3. The van der Waals surface area contributed by atoms with Gasteiger partial charge in [-0.25, -0.2) is 0 Å². The van der Waals surface area contributed by atoms with Gasteiger partial charge in [-0.3, -0.25) is 0 Å². The van der Waals surface area contributed by atoms with E-state index in [9.17, 15) is 0 Å². The zero-order valence-electron chi connectivity index (χ0n) is 15.2. The van der Waals surface area contributed by atoms with E-state index >= 15 is 0 Å². The Bertz CT molecular complexity index is 926. The van der Waals surface area contributed by atoms with Gasteiger partial charge in [-0.2, -0.15) is 0 Å². The molecule has 3 aromatic rings. The first kappa shape index (κ1) is 15.9. The Morgan fingerprint density at radius 2 is 1.92 bits per heavy atom. The summed E-state index contributed by atoms with van der Waals surface area (Å²) in [5.41, 5.74) is 6.89. The van der Waals surface area contributed by atoms with Crippen LogP contribution in [0.2, 0.25) is 0 Å². The third-order valence-corrected chi connectivity index (χ3v) is 5.79. The number of aromatic amines is 1. The van der Waals surface area contributed by atoms with E-state index in [0.29, 0.717) is 5.92 Å². The number of nitrogens with zero attached hydrogens (tertiary/aromatic N) is 2. The lowest BCUT2D eigenvalue weighted by molar-refractivity contribution is 0.122. The molecule has 0 saturated carbocycles. The Kier molecular flexibility index (Phi) is 3.95. The minimum atomic E-state index is 0.432. The molecule has 2 aromatic carbocycles. The number of hydrogen-bond acceptors (Lipinski definition) is 3. The molecule has 3 heterocycles. The van der Waals surface area contributed by atoms with Gasteiger partial charge in [-0.1, -0.05) is 12.1 Å². The van der Waals surface area contributed by atoms with Crippen LogP contribution in [0.15, 0.2) is 48.7 Å². The van der Waals surface area contributed by atoms with Crippen molar-refractivity contribution in [2.75, 3.05) is 44.8 Å². The van der Waals surface area contributed by atoms with E-state index in [2.05, 4.69) is 64.3 Å². The molecule has 4 heteroatoms. The normalized spacial score (nSPS) is 21.1. The minimum Gasteiger partial charge on any atom is -0.378 e. The summed E-state index contributed by atoms with van der Waals surface area (Å²) in [6.45, 7) is 5.73. The van der Waals surface area contributed by atoms with Crippen LogP contribution in [-0.2, 0) is 11.3 Å². The molecule has 1 saturated heterocycles. The second-order valence-electron chi connectivity index (χ2n) is 7.56. The molecular formula is C22H25N3O. The Balaban J connectivity index is 1.52. The van der Waals surface area contributed by atoms with Crippen LogP contribution >= 0.6 is 0 Å². The molecule has 0 amide bonds. The number of H-pyrrole nitrogens is 1. The molecule has 1 N–H and O–H groups in total. The summed E-state index contributed by atoms with van der Waals surface area (Å²) >= 11 is 0. The average molecular weight is 347 g/mol. The molecule has 1 aromatic heterocycles. The molecule has 0 spiro atoms. The highest BCUT2D eigenvalue weighted by Gasteiger charge is 2.26. The van der Waals surface area contributed by atoms with Crippen LogP contribution in [0.4, 0.5) is 5.69 Å². The number of nitrogens with one attached hydrogen (secondary N) is 1. The van der Waals surface area contributed by atoms with Crippen molar-refractivity contribution in [1.29, 1.82) is 0 Å². The maximum absolute atomic E-state index is 5.50. The van der Waals surface area contributed by atoms with E-state index in [4.69, 9.17) is 4.74 Å². The van der Waals surface area contributed by atoms with Crippen molar-refractivity contribution in [3.05, 3.63) is 65.4 Å². The van der Waals surface area contributed by atoms with Gasteiger partial charge >= 0.3 is 0 Å². The number of morpholine rings is 1. The smallest absolute Gasteiger partial charge is 0.0642 e. The first-order valence-corrected chi connectivity index (χ1v) is 9.49. The van der Waals surface area contributed by atoms with Crippen molar-refractivity contribution in [2.24, 2.45) is 0 Å². The highest BCUT2D eigenvalue weighted by Crippen LogP contribution is 2.36. The van der Waals surface area contributed by atoms with Crippen LogP contribution in [0.25, 0.3) is 10.9 Å². The lowest BCUT2D eigenvalue weighted by Crippen LogP contribution is -2.36. The zero-order valence-corrected chi connectivity index (χ0v) is 15.2. The lowest BCUT2D eigenvalue weighted by atomic mass is 9.84. The van der Waals surface area contributed by atoms with Crippen molar-refractivity contribution >= 4 is 16.6 Å². The van der Waals surface area contributed by atoms with Crippen LogP contribution in [0.3, 0.4) is 0 Å². The van der Waals surface area contributed by atoms with Gasteiger partial charge in [0.15, 0.2) is 0 Å². The quantitative estimate of drug-likeness (QED) is 0.769. The topological polar surface area (TPSA) is 31.5 Å². The van der Waals surface area contributed by atoms with Gasteiger partial charge in [0.25, 0.3) is 0 Å². The van der Waals surface area contributed by atoms with Crippen molar-refractivity contribution in [3.63, 3.8) is 0 Å². The molecule has 1 fully saturated rings. The van der Waals surface area contributed by atoms with Crippen LogP contribution in [0.1, 0.15) is 22.6 Å². The molecule has 0 aliphatic carbocycles. The molecule has 2 aliphatic rings. The minimum absolute atomic E-state index is 0.432. The predicted octanol–water partition coefficient (Wildman–Crippen LogP) is 3.58. The first-order chi connectivity index (χ1) is 12.8. The Morgan fingerprint density at radius 1 is 1.04 bits per heavy atom. The second-order valence-corrected chi connectivity index (χ2v) is 7.56. The summed E-state index contributed by atoms with van der Waals surface area (Å²) in [6, 6.07) is 16.1. The molecule has 5 rings (SSSR count). The summed E-state index contributed by atoms with van der Waals surface area (Å²) in [5.74, 6) is 0.432. The van der Waals surface area contributed by atoms with Gasteiger partial charge < -0.3 is 19.5 Å². The Labute approximate surface area is 154 Å². The van der Waals surface area contributed by atoms with E-state index in [-0.39, 0.29) is 0 Å². The third-order valence-electron chi connectivity index (χ3n) is 5.79. The molecule has 0 bridgehead atoms. The number of fused-ring (bicyclic) bond motifs is 2. The third kappa shape index (κ3) is 2.79. The van der Waals surface area contributed by atoms with Crippen LogP contribution in [0.5, 0.6) is 0 Å². The largest absolute Gasteiger partial charge is 0.378 e. The zero-order chi connectivity index (χ0) is 17.5. The lowest BCUT2D eigenvalue weighted by Gasteiger charge is -2.35. The summed E-state index contributed by atoms with van der Waals surface area (Å²) in [5, 5.41) is 1.29. The number of benzene rings is 2. The molecule has 2 aliphatic heterocycles. The van der Waals surface area contributed by atoms with Gasteiger partial charge in [0.05, 0.1) is 13.2 Å². The number of anilines is 1. The SMILES string of the molecule is CN1Cc2cc(N3CCOCC3)ccc2C(c2ccc3[nH]ccc3c2)C1. The summed E-state index contributed by atoms with van der Waals surface area (Å²) < 4.78 is 5.50. The number of likely N-dealkylation sites (N-methyl/N-ethyl adjacent to an activating group) is 1. The van der Waals surface area contributed by atoms with Gasteiger partial charge in [-0.15, -0.1) is 0 Å². The van der Waals surface area contributed by atoms with Crippen molar-refractivity contribution in [2.45, 2.75) is 12.5 Å². The fraction of sp³-hybridized carbons (Fsp3) is 0.364. The number of ether oxygens (including phenoxy) is 1. The van der Waals surface area contributed by atoms with E-state index in [1.807, 2.05) is 6.20 Å². The van der Waals surface area contributed by atoms with Gasteiger partial charge in [0.2, 0.25) is 0 Å². The van der Waals surface area contributed by atoms with Gasteiger partial charge in [0.1, 0.15) is 0 Å². The van der Waals surface area contributed by atoms with Crippen molar-refractivity contribution < 1.29 is 4.74 Å². The monoisotopic (exact) mass is 347 g/mol. The molecule has 4 nitrogen and oxygen atoms in total. The molecule has 1 unspecified atom stereocenters. The summed E-state index contributed by atoms with van der Waals surface area (Å²) in [4.78, 5) is 8.18. The highest BCUT2D eigenvalue weighted by molar-refractivity contribution is 5.80. The van der Waals surface area contributed by atoms with E-state index < -0.39 is 0 Å². The van der Waals surface area contributed by atoms with E-state index in [1.165, 1.54) is 33.3 Å². The van der Waals surface area contributed by atoms with E-state index in [0.717, 1.165) is 39.4 Å². The van der Waals surface area contributed by atoms with Crippen LogP contribution in [0, 0.1) is 0 Å². The second kappa shape index (κ2) is 6.45. The Hall–Kier alpha value is -2.30. The molecule has 134 valence electrons. The predicted molar refractivity (Wildman–Crippen MR) is 106 cm³/mol. The molecule has 26 heavy (non-hydrogen) atoms. The fourth-order valence-electron chi connectivity index (χ4n) is 4.43. The summed E-state index contributed by atoms with van der Waals surface area (Å²) in [6.07, 6.45) is 2.02. The van der Waals surface area contributed by atoms with Gasteiger partial charge in [-0.05, 0) is 59.5 Å². The molecular weight excluding hydrogens is 322 g/mol. The molecule has 0 radical (unpaired) electrons. The van der Waals surface area contributed by atoms with Crippen LogP contribution in [-0.4, -0.2) is 49.8 Å². The van der Waals surface area contributed by atoms with Crippen LogP contribution < -0.4 is 4.90 Å². The van der Waals surface area contributed by atoms with Gasteiger partial charge in [0, 0.05) is 49.5 Å². The first-order valence-electron chi connectivity index (χ1n) is 9.49. The highest BCUT2D eigenvalue weighted by atomic mass is 16.5. The Morgan fingerprint density at radius 3 is 2.81 bits per heavy atom. The van der Waals surface area contributed by atoms with Crippen molar-refractivity contribution in [3.8, 4) is 0 Å². The maximum atomic E-state index is 5.50. The summed E-state index contributed by atoms with van der Waals surface area (Å²) in [7, 11) is 2.23. The fourth-order valence-corrected chi connectivity index (χ4v) is 4.43.